The zero-order valence-corrected chi connectivity index (χ0v) is 14.1. The molecule has 112 valence electrons. The van der Waals surface area contributed by atoms with E-state index in [0.717, 1.165) is 11.3 Å². The predicted octanol–water partition coefficient (Wildman–Crippen LogP) is 5.64. The molecule has 0 aliphatic heterocycles. The molecule has 0 fully saturated rings. The van der Waals surface area contributed by atoms with Crippen molar-refractivity contribution in [2.75, 3.05) is 5.32 Å². The number of para-hydroxylation sites is 1. The molecule has 0 aliphatic rings. The van der Waals surface area contributed by atoms with Crippen LogP contribution in [0.4, 0.5) is 10.1 Å². The molecule has 0 radical (unpaired) electrons. The molecule has 0 amide bonds. The summed E-state index contributed by atoms with van der Waals surface area (Å²) >= 11 is 9.37. The summed E-state index contributed by atoms with van der Waals surface area (Å²) in [4.78, 5) is 0. The number of hydrogen-bond donors (Lipinski definition) is 1. The second-order valence-corrected chi connectivity index (χ2v) is 6.13. The summed E-state index contributed by atoms with van der Waals surface area (Å²) < 4.78 is 19.6. The van der Waals surface area contributed by atoms with Crippen LogP contribution in [0.2, 0.25) is 5.02 Å². The van der Waals surface area contributed by atoms with Crippen molar-refractivity contribution in [1.29, 1.82) is 0 Å². The molecular weight excluding hydrogens is 357 g/mol. The van der Waals surface area contributed by atoms with Crippen molar-refractivity contribution >= 4 is 33.2 Å². The number of hydrogen-bond acceptors (Lipinski definition) is 2. The molecule has 2 aromatic rings. The minimum atomic E-state index is -0.374. The molecule has 0 atom stereocenters. The van der Waals surface area contributed by atoms with Gasteiger partial charge in [-0.3, -0.25) is 0 Å². The maximum absolute atomic E-state index is 13.2. The average molecular weight is 373 g/mol. The Morgan fingerprint density at radius 1 is 1.29 bits per heavy atom. The second-order valence-electron chi connectivity index (χ2n) is 4.87. The smallest absolute Gasteiger partial charge is 0.125 e. The van der Waals surface area contributed by atoms with Crippen LogP contribution < -0.4 is 10.1 Å². The fourth-order valence-corrected chi connectivity index (χ4v) is 2.87. The first-order valence-corrected chi connectivity index (χ1v) is 7.77. The Labute approximate surface area is 137 Å². The second kappa shape index (κ2) is 7.14. The largest absolute Gasteiger partial charge is 0.491 e. The van der Waals surface area contributed by atoms with Crippen LogP contribution in [0.15, 0.2) is 40.9 Å². The van der Waals surface area contributed by atoms with Gasteiger partial charge < -0.3 is 10.1 Å². The molecular formula is C16H16BrClFNO. The van der Waals surface area contributed by atoms with Gasteiger partial charge in [-0.1, -0.05) is 29.8 Å². The van der Waals surface area contributed by atoms with Crippen molar-refractivity contribution < 1.29 is 9.13 Å². The molecule has 0 aliphatic carbocycles. The summed E-state index contributed by atoms with van der Waals surface area (Å²) in [6.45, 7) is 4.50. The van der Waals surface area contributed by atoms with Gasteiger partial charge in [0.05, 0.1) is 16.8 Å². The quantitative estimate of drug-likeness (QED) is 0.733. The van der Waals surface area contributed by atoms with Crippen LogP contribution in [0, 0.1) is 5.82 Å². The highest BCUT2D eigenvalue weighted by atomic mass is 79.9. The molecule has 2 rings (SSSR count). The van der Waals surface area contributed by atoms with Crippen molar-refractivity contribution in [2.24, 2.45) is 0 Å². The third-order valence-electron chi connectivity index (χ3n) is 2.80. The van der Waals surface area contributed by atoms with Gasteiger partial charge in [-0.05, 0) is 48.0 Å². The number of benzene rings is 2. The van der Waals surface area contributed by atoms with Crippen molar-refractivity contribution in [3.63, 3.8) is 0 Å². The summed E-state index contributed by atoms with van der Waals surface area (Å²) in [5.74, 6) is 0.454. The molecule has 2 aromatic carbocycles. The van der Waals surface area contributed by atoms with E-state index >= 15 is 0 Å². The van der Waals surface area contributed by atoms with Gasteiger partial charge in [-0.2, -0.15) is 0 Å². The third kappa shape index (κ3) is 4.35. The van der Waals surface area contributed by atoms with Crippen LogP contribution in [0.25, 0.3) is 0 Å². The van der Waals surface area contributed by atoms with E-state index in [2.05, 4.69) is 21.2 Å². The molecule has 2 nitrogen and oxygen atoms in total. The lowest BCUT2D eigenvalue weighted by molar-refractivity contribution is 0.240. The molecule has 0 saturated heterocycles. The van der Waals surface area contributed by atoms with Gasteiger partial charge >= 0.3 is 0 Å². The lowest BCUT2D eigenvalue weighted by Crippen LogP contribution is -2.09. The van der Waals surface area contributed by atoms with Crippen LogP contribution in [-0.2, 0) is 6.54 Å². The van der Waals surface area contributed by atoms with Gasteiger partial charge in [0.25, 0.3) is 0 Å². The van der Waals surface area contributed by atoms with E-state index in [-0.39, 0.29) is 11.9 Å². The summed E-state index contributed by atoms with van der Waals surface area (Å²) in [6, 6.07) is 10.5. The topological polar surface area (TPSA) is 21.3 Å². The van der Waals surface area contributed by atoms with Crippen LogP contribution in [0.5, 0.6) is 5.75 Å². The Kier molecular flexibility index (Phi) is 5.48. The number of ether oxygens (including phenoxy) is 1. The van der Waals surface area contributed by atoms with E-state index in [9.17, 15) is 4.39 Å². The van der Waals surface area contributed by atoms with Gasteiger partial charge in [-0.15, -0.1) is 0 Å². The standard InChI is InChI=1S/C16H16BrClFNO/c1-10(2)21-15-6-4-3-5-11(15)9-20-16-13(17)7-12(19)8-14(16)18/h3-8,10,20H,9H2,1-2H3. The molecule has 0 heterocycles. The van der Waals surface area contributed by atoms with Crippen LogP contribution in [0.1, 0.15) is 19.4 Å². The van der Waals surface area contributed by atoms with E-state index in [1.807, 2.05) is 38.1 Å². The number of rotatable bonds is 5. The normalized spacial score (nSPS) is 10.8. The molecule has 1 N–H and O–H groups in total. The third-order valence-corrected chi connectivity index (χ3v) is 3.72. The summed E-state index contributed by atoms with van der Waals surface area (Å²) in [5, 5.41) is 3.55. The van der Waals surface area contributed by atoms with Gasteiger partial charge in [0.15, 0.2) is 0 Å². The Bertz CT molecular complexity index is 610. The van der Waals surface area contributed by atoms with Gasteiger partial charge in [0, 0.05) is 16.6 Å². The number of nitrogens with one attached hydrogen (secondary N) is 1. The molecule has 0 aromatic heterocycles. The SMILES string of the molecule is CC(C)Oc1ccccc1CNc1c(Cl)cc(F)cc1Br. The van der Waals surface area contributed by atoms with E-state index < -0.39 is 0 Å². The number of halogens is 3. The first-order valence-electron chi connectivity index (χ1n) is 6.60. The molecule has 0 saturated carbocycles. The molecule has 21 heavy (non-hydrogen) atoms. The zero-order chi connectivity index (χ0) is 15.4. The highest BCUT2D eigenvalue weighted by Crippen LogP contribution is 2.32. The highest BCUT2D eigenvalue weighted by Gasteiger charge is 2.10. The fraction of sp³-hybridized carbons (Fsp3) is 0.250. The van der Waals surface area contributed by atoms with Crippen molar-refractivity contribution in [3.8, 4) is 5.75 Å². The summed E-state index contributed by atoms with van der Waals surface area (Å²) in [7, 11) is 0. The highest BCUT2D eigenvalue weighted by molar-refractivity contribution is 9.10. The minimum Gasteiger partial charge on any atom is -0.491 e. The van der Waals surface area contributed by atoms with Crippen LogP contribution in [0.3, 0.4) is 0 Å². The van der Waals surface area contributed by atoms with Crippen LogP contribution >= 0.6 is 27.5 Å². The predicted molar refractivity (Wildman–Crippen MR) is 88.6 cm³/mol. The fourth-order valence-electron chi connectivity index (χ4n) is 1.91. The Morgan fingerprint density at radius 3 is 2.67 bits per heavy atom. The monoisotopic (exact) mass is 371 g/mol. The Balaban J connectivity index is 2.17. The number of anilines is 1. The van der Waals surface area contributed by atoms with Crippen LogP contribution in [-0.4, -0.2) is 6.10 Å². The lowest BCUT2D eigenvalue weighted by Gasteiger charge is -2.16. The van der Waals surface area contributed by atoms with E-state index in [1.54, 1.807) is 0 Å². The summed E-state index contributed by atoms with van der Waals surface area (Å²) in [6.07, 6.45) is 0.104. The lowest BCUT2D eigenvalue weighted by atomic mass is 10.2. The maximum atomic E-state index is 13.2. The minimum absolute atomic E-state index is 0.104. The van der Waals surface area contributed by atoms with Crippen molar-refractivity contribution in [2.45, 2.75) is 26.5 Å². The van der Waals surface area contributed by atoms with Gasteiger partial charge in [-0.25, -0.2) is 4.39 Å². The Morgan fingerprint density at radius 2 is 2.00 bits per heavy atom. The van der Waals surface area contributed by atoms with E-state index in [4.69, 9.17) is 16.3 Å². The van der Waals surface area contributed by atoms with E-state index in [1.165, 1.54) is 12.1 Å². The van der Waals surface area contributed by atoms with Gasteiger partial charge in [0.2, 0.25) is 0 Å². The van der Waals surface area contributed by atoms with Gasteiger partial charge in [0.1, 0.15) is 11.6 Å². The molecule has 0 unspecified atom stereocenters. The molecule has 0 bridgehead atoms. The van der Waals surface area contributed by atoms with E-state index in [0.29, 0.717) is 21.7 Å². The maximum Gasteiger partial charge on any atom is 0.125 e. The first-order chi connectivity index (χ1) is 9.97. The molecule has 5 heteroatoms. The summed E-state index contributed by atoms with van der Waals surface area (Å²) in [5.41, 5.74) is 1.68. The average Bonchev–Trinajstić information content (AvgIpc) is 2.38. The van der Waals surface area contributed by atoms with Crippen molar-refractivity contribution in [3.05, 3.63) is 57.3 Å². The van der Waals surface area contributed by atoms with Crippen molar-refractivity contribution in [1.82, 2.24) is 0 Å². The zero-order valence-electron chi connectivity index (χ0n) is 11.8. The first kappa shape index (κ1) is 16.1. The Hall–Kier alpha value is -1.26. The molecule has 0 spiro atoms.